The first kappa shape index (κ1) is 26.8. The Morgan fingerprint density at radius 1 is 1.23 bits per heavy atom. The van der Waals surface area contributed by atoms with Gasteiger partial charge < -0.3 is 20.7 Å². The second-order valence-electron chi connectivity index (χ2n) is 10.1. The van der Waals surface area contributed by atoms with Gasteiger partial charge in [-0.1, -0.05) is 19.1 Å². The standard InChI is InChI=1S/C28H33F2N7O2/c1-17-14-35(15-22(17)31)26-18(2)25(37(32-3)19-11-13-39-16-19)10-9-23(26)33-28(38)24-8-5-12-36(34-24)27-20(29)6-4-7-21(27)30/h4-10,17,19,22H,3,11-16,31H2,1-2H3,(H,33,38)/t17-,19+,22+/m1/s1. The van der Waals surface area contributed by atoms with E-state index in [1.807, 2.05) is 24.1 Å². The third-order valence-corrected chi connectivity index (χ3v) is 7.50. The van der Waals surface area contributed by atoms with Crippen LogP contribution < -0.4 is 26.0 Å². The molecule has 3 N–H and O–H groups in total. The highest BCUT2D eigenvalue weighted by Gasteiger charge is 2.32. The molecule has 3 heterocycles. The number of para-hydroxylation sites is 1. The summed E-state index contributed by atoms with van der Waals surface area (Å²) in [5.41, 5.74) is 9.30. The van der Waals surface area contributed by atoms with E-state index in [1.165, 1.54) is 6.07 Å². The normalized spacial score (nSPS) is 22.7. The number of ether oxygens (including phenoxy) is 1. The van der Waals surface area contributed by atoms with Gasteiger partial charge in [0.25, 0.3) is 5.91 Å². The average molecular weight is 538 g/mol. The van der Waals surface area contributed by atoms with E-state index in [4.69, 9.17) is 10.5 Å². The molecule has 11 heteroatoms. The van der Waals surface area contributed by atoms with Crippen LogP contribution in [-0.2, 0) is 9.53 Å². The van der Waals surface area contributed by atoms with Crippen molar-refractivity contribution in [2.75, 3.05) is 53.1 Å². The molecule has 0 bridgehead atoms. The molecule has 39 heavy (non-hydrogen) atoms. The van der Waals surface area contributed by atoms with Crippen molar-refractivity contribution in [1.82, 2.24) is 0 Å². The van der Waals surface area contributed by atoms with Gasteiger partial charge in [0.15, 0.2) is 11.6 Å². The number of amides is 1. The summed E-state index contributed by atoms with van der Waals surface area (Å²) in [5, 5.41) is 14.5. The highest BCUT2D eigenvalue weighted by Crippen LogP contribution is 2.40. The number of hydrogen-bond donors (Lipinski definition) is 2. The van der Waals surface area contributed by atoms with E-state index in [9.17, 15) is 13.6 Å². The Bertz CT molecular complexity index is 1290. The van der Waals surface area contributed by atoms with Crippen LogP contribution >= 0.6 is 0 Å². The van der Waals surface area contributed by atoms with Gasteiger partial charge in [-0.25, -0.2) is 8.78 Å². The van der Waals surface area contributed by atoms with Crippen LogP contribution in [0.25, 0.3) is 0 Å². The molecule has 1 amide bonds. The van der Waals surface area contributed by atoms with E-state index in [0.29, 0.717) is 25.4 Å². The zero-order chi connectivity index (χ0) is 27.7. The van der Waals surface area contributed by atoms with E-state index in [-0.39, 0.29) is 35.9 Å². The number of nitrogens with one attached hydrogen (secondary N) is 1. The lowest BCUT2D eigenvalue weighted by atomic mass is 10.1. The van der Waals surface area contributed by atoms with Gasteiger partial charge >= 0.3 is 0 Å². The second-order valence-corrected chi connectivity index (χ2v) is 10.1. The van der Waals surface area contributed by atoms with E-state index < -0.39 is 17.5 Å². The fourth-order valence-corrected chi connectivity index (χ4v) is 5.38. The Kier molecular flexibility index (Phi) is 7.62. The number of carbonyl (C=O) groups is 1. The molecule has 3 aliphatic rings. The van der Waals surface area contributed by atoms with Crippen molar-refractivity contribution in [3.63, 3.8) is 0 Å². The summed E-state index contributed by atoms with van der Waals surface area (Å²) in [6, 6.07) is 7.39. The minimum atomic E-state index is -0.755. The summed E-state index contributed by atoms with van der Waals surface area (Å²) in [5.74, 6) is -1.74. The van der Waals surface area contributed by atoms with Crippen molar-refractivity contribution < 1.29 is 18.3 Å². The maximum absolute atomic E-state index is 14.4. The van der Waals surface area contributed by atoms with Gasteiger partial charge in [-0.05, 0) is 55.2 Å². The molecule has 0 unspecified atom stereocenters. The molecule has 2 saturated heterocycles. The lowest BCUT2D eigenvalue weighted by molar-refractivity contribution is -0.110. The number of benzene rings is 2. The molecule has 0 aliphatic carbocycles. The quantitative estimate of drug-likeness (QED) is 0.414. The molecule has 2 fully saturated rings. The molecule has 206 valence electrons. The summed E-state index contributed by atoms with van der Waals surface area (Å²) in [7, 11) is 0. The number of hydrogen-bond acceptors (Lipinski definition) is 8. The molecule has 0 spiro atoms. The summed E-state index contributed by atoms with van der Waals surface area (Å²) >= 11 is 0. The molecule has 0 radical (unpaired) electrons. The monoisotopic (exact) mass is 537 g/mol. The first-order chi connectivity index (χ1) is 18.8. The summed E-state index contributed by atoms with van der Waals surface area (Å²) in [4.78, 5) is 15.6. The third kappa shape index (κ3) is 5.24. The number of anilines is 4. The summed E-state index contributed by atoms with van der Waals surface area (Å²) in [6.45, 7) is 10.6. The molecule has 9 nitrogen and oxygen atoms in total. The van der Waals surface area contributed by atoms with Crippen LogP contribution in [0, 0.1) is 24.5 Å². The SMILES string of the molecule is C=NN(c1ccc(NC(=O)C2=NN(c3c(F)cccc3F)CC=C2)c(N2C[C@@H](C)[C@@H](N)C2)c1C)[C@H]1CCOC1. The molecule has 5 rings (SSSR count). The average Bonchev–Trinajstić information content (AvgIpc) is 3.56. The highest BCUT2D eigenvalue weighted by atomic mass is 19.1. The molecular weight excluding hydrogens is 504 g/mol. The van der Waals surface area contributed by atoms with E-state index in [1.54, 1.807) is 12.2 Å². The van der Waals surface area contributed by atoms with Gasteiger partial charge in [-0.3, -0.25) is 14.8 Å². The number of rotatable bonds is 7. The zero-order valence-corrected chi connectivity index (χ0v) is 22.1. The van der Waals surface area contributed by atoms with Crippen LogP contribution in [0.1, 0.15) is 18.9 Å². The van der Waals surface area contributed by atoms with Crippen LogP contribution in [0.4, 0.5) is 31.5 Å². The molecule has 0 saturated carbocycles. The smallest absolute Gasteiger partial charge is 0.276 e. The minimum absolute atomic E-state index is 0.0108. The van der Waals surface area contributed by atoms with Crippen molar-refractivity contribution in [2.24, 2.45) is 21.9 Å². The summed E-state index contributed by atoms with van der Waals surface area (Å²) < 4.78 is 34.3. The van der Waals surface area contributed by atoms with Crippen LogP contribution in [0.2, 0.25) is 0 Å². The second kappa shape index (κ2) is 11.1. The number of hydrazone groups is 2. The molecule has 3 atom stereocenters. The molecule has 2 aromatic rings. The highest BCUT2D eigenvalue weighted by molar-refractivity contribution is 6.47. The fraction of sp³-hybridized carbons (Fsp3) is 0.393. The third-order valence-electron chi connectivity index (χ3n) is 7.50. The van der Waals surface area contributed by atoms with E-state index in [2.05, 4.69) is 34.1 Å². The van der Waals surface area contributed by atoms with Crippen LogP contribution in [0.3, 0.4) is 0 Å². The van der Waals surface area contributed by atoms with E-state index >= 15 is 0 Å². The van der Waals surface area contributed by atoms with Crippen molar-refractivity contribution >= 4 is 41.1 Å². The molecule has 0 aromatic heterocycles. The molecular formula is C28H33F2N7O2. The van der Waals surface area contributed by atoms with Crippen LogP contribution in [-0.4, -0.2) is 63.3 Å². The first-order valence-corrected chi connectivity index (χ1v) is 13.0. The largest absolute Gasteiger partial charge is 0.379 e. The lowest BCUT2D eigenvalue weighted by Gasteiger charge is -2.31. The van der Waals surface area contributed by atoms with Crippen LogP contribution in [0.5, 0.6) is 0 Å². The van der Waals surface area contributed by atoms with E-state index in [0.717, 1.165) is 47.0 Å². The first-order valence-electron chi connectivity index (χ1n) is 13.0. The topological polar surface area (TPSA) is 98.8 Å². The van der Waals surface area contributed by atoms with Crippen LogP contribution in [0.15, 0.2) is 52.7 Å². The van der Waals surface area contributed by atoms with Gasteiger partial charge in [0.1, 0.15) is 11.4 Å². The maximum atomic E-state index is 14.4. The van der Waals surface area contributed by atoms with Crippen molar-refractivity contribution in [1.29, 1.82) is 0 Å². The van der Waals surface area contributed by atoms with Crippen molar-refractivity contribution in [3.8, 4) is 0 Å². The van der Waals surface area contributed by atoms with Gasteiger partial charge in [0.05, 0.1) is 36.3 Å². The van der Waals surface area contributed by atoms with Crippen molar-refractivity contribution in [3.05, 3.63) is 59.7 Å². The number of nitrogens with zero attached hydrogens (tertiary/aromatic N) is 5. The number of halogens is 2. The number of nitrogens with two attached hydrogens (primary N) is 1. The molecule has 3 aliphatic heterocycles. The van der Waals surface area contributed by atoms with Gasteiger partial charge in [-0.2, -0.15) is 10.2 Å². The lowest BCUT2D eigenvalue weighted by Crippen LogP contribution is -2.33. The van der Waals surface area contributed by atoms with Gasteiger partial charge in [-0.15, -0.1) is 0 Å². The maximum Gasteiger partial charge on any atom is 0.276 e. The Morgan fingerprint density at radius 2 is 2.00 bits per heavy atom. The number of carbonyl (C=O) groups excluding carboxylic acids is 1. The predicted molar refractivity (Wildman–Crippen MR) is 151 cm³/mol. The van der Waals surface area contributed by atoms with Crippen molar-refractivity contribution in [2.45, 2.75) is 32.4 Å². The fourth-order valence-electron chi connectivity index (χ4n) is 5.38. The Balaban J connectivity index is 1.48. The summed E-state index contributed by atoms with van der Waals surface area (Å²) in [6.07, 6.45) is 4.02. The van der Waals surface area contributed by atoms with Gasteiger partial charge in [0, 0.05) is 32.5 Å². The minimum Gasteiger partial charge on any atom is -0.379 e. The Morgan fingerprint density at radius 3 is 2.64 bits per heavy atom. The Labute approximate surface area is 226 Å². The predicted octanol–water partition coefficient (Wildman–Crippen LogP) is 3.64. The molecule has 2 aromatic carbocycles. The zero-order valence-electron chi connectivity index (χ0n) is 22.1. The van der Waals surface area contributed by atoms with Gasteiger partial charge in [0.2, 0.25) is 0 Å². The Hall–Kier alpha value is -3.83.